The molecule has 0 saturated heterocycles. The predicted octanol–water partition coefficient (Wildman–Crippen LogP) is 4.95. The second kappa shape index (κ2) is 11.8. The highest BCUT2D eigenvalue weighted by molar-refractivity contribution is 6.36. The second-order valence-electron chi connectivity index (χ2n) is 7.39. The van der Waals surface area contributed by atoms with E-state index in [9.17, 15) is 9.59 Å². The van der Waals surface area contributed by atoms with Crippen LogP contribution < -0.4 is 10.1 Å². The largest absolute Gasteiger partial charge is 0.484 e. The van der Waals surface area contributed by atoms with Crippen molar-refractivity contribution in [1.82, 2.24) is 10.2 Å². The van der Waals surface area contributed by atoms with Crippen LogP contribution in [0.4, 0.5) is 0 Å². The quantitative estimate of drug-likeness (QED) is 0.556. The molecule has 162 valence electrons. The van der Waals surface area contributed by atoms with Crippen molar-refractivity contribution >= 4 is 35.0 Å². The molecule has 0 spiro atoms. The summed E-state index contributed by atoms with van der Waals surface area (Å²) in [6.45, 7) is 6.35. The first kappa shape index (κ1) is 24.0. The van der Waals surface area contributed by atoms with Crippen molar-refractivity contribution in [1.29, 1.82) is 0 Å². The van der Waals surface area contributed by atoms with Crippen LogP contribution in [0.15, 0.2) is 48.5 Å². The van der Waals surface area contributed by atoms with Gasteiger partial charge in [0.2, 0.25) is 5.91 Å². The zero-order valence-corrected chi connectivity index (χ0v) is 19.0. The molecule has 0 bridgehead atoms. The molecule has 0 fully saturated rings. The first-order chi connectivity index (χ1) is 14.3. The molecule has 0 aliphatic carbocycles. The number of nitrogens with one attached hydrogen (secondary N) is 1. The molecule has 5 nitrogen and oxygen atoms in total. The summed E-state index contributed by atoms with van der Waals surface area (Å²) < 4.78 is 5.63. The minimum atomic E-state index is -0.664. The second-order valence-corrected chi connectivity index (χ2v) is 8.20. The maximum Gasteiger partial charge on any atom is 0.261 e. The van der Waals surface area contributed by atoms with Crippen LogP contribution in [0.25, 0.3) is 0 Å². The van der Waals surface area contributed by atoms with E-state index in [1.54, 1.807) is 30.3 Å². The van der Waals surface area contributed by atoms with E-state index in [4.69, 9.17) is 27.9 Å². The molecular weight excluding hydrogens is 423 g/mol. The average molecular weight is 451 g/mol. The van der Waals surface area contributed by atoms with E-state index < -0.39 is 6.04 Å². The number of ether oxygens (including phenoxy) is 1. The third-order valence-corrected chi connectivity index (χ3v) is 5.27. The third-order valence-electron chi connectivity index (χ3n) is 4.57. The number of amides is 2. The summed E-state index contributed by atoms with van der Waals surface area (Å²) in [6, 6.07) is 13.6. The number of rotatable bonds is 10. The molecule has 0 heterocycles. The van der Waals surface area contributed by atoms with E-state index in [1.165, 1.54) is 4.90 Å². The summed E-state index contributed by atoms with van der Waals surface area (Å²) in [4.78, 5) is 27.5. The molecule has 2 rings (SSSR count). The molecule has 0 radical (unpaired) electrons. The summed E-state index contributed by atoms with van der Waals surface area (Å²) in [7, 11) is 0. The smallest absolute Gasteiger partial charge is 0.261 e. The molecule has 30 heavy (non-hydrogen) atoms. The van der Waals surface area contributed by atoms with E-state index in [1.807, 2.05) is 39.0 Å². The van der Waals surface area contributed by atoms with Gasteiger partial charge in [-0.05, 0) is 36.6 Å². The zero-order chi connectivity index (χ0) is 22.1. The van der Waals surface area contributed by atoms with Gasteiger partial charge in [-0.2, -0.15) is 0 Å². The molecule has 2 amide bonds. The minimum absolute atomic E-state index is 0.114. The Bertz CT molecular complexity index is 823. The van der Waals surface area contributed by atoms with E-state index >= 15 is 0 Å². The summed E-state index contributed by atoms with van der Waals surface area (Å²) in [5.74, 6) is 0.359. The fourth-order valence-corrected chi connectivity index (χ4v) is 3.46. The first-order valence-electron chi connectivity index (χ1n) is 10.0. The third kappa shape index (κ3) is 6.92. The van der Waals surface area contributed by atoms with Gasteiger partial charge in [-0.15, -0.1) is 0 Å². The maximum atomic E-state index is 13.1. The number of carbonyl (C=O) groups excluding carboxylic acids is 2. The molecular formula is C23H28Cl2N2O3. The van der Waals surface area contributed by atoms with Gasteiger partial charge in [0.05, 0.1) is 0 Å². The zero-order valence-electron chi connectivity index (χ0n) is 17.5. The molecule has 7 heteroatoms. The van der Waals surface area contributed by atoms with Gasteiger partial charge in [0, 0.05) is 28.7 Å². The summed E-state index contributed by atoms with van der Waals surface area (Å²) in [5.41, 5.74) is 0.601. The lowest BCUT2D eigenvalue weighted by molar-refractivity contribution is -0.143. The van der Waals surface area contributed by atoms with Gasteiger partial charge < -0.3 is 15.0 Å². The highest BCUT2D eigenvalue weighted by Gasteiger charge is 2.30. The Balaban J connectivity index is 2.25. The Hall–Kier alpha value is -2.24. The standard InChI is InChI=1S/C23H28Cl2N2O3/c1-4-21(23(29)26-13-16(2)3)27(14-18-19(24)11-8-12-20(18)25)22(28)15-30-17-9-6-5-7-10-17/h5-12,16,21H,4,13-15H2,1-3H3,(H,26,29)/t21-/m1/s1. The monoisotopic (exact) mass is 450 g/mol. The number of carbonyl (C=O) groups is 2. The van der Waals surface area contributed by atoms with Crippen LogP contribution in [0, 0.1) is 5.92 Å². The molecule has 0 aromatic heterocycles. The average Bonchev–Trinajstić information content (AvgIpc) is 2.73. The SMILES string of the molecule is CC[C@H](C(=O)NCC(C)C)N(Cc1c(Cl)cccc1Cl)C(=O)COc1ccccc1. The predicted molar refractivity (Wildman–Crippen MR) is 121 cm³/mol. The Morgan fingerprint density at radius 2 is 1.67 bits per heavy atom. The number of nitrogens with zero attached hydrogens (tertiary/aromatic N) is 1. The van der Waals surface area contributed by atoms with Crippen LogP contribution in [0.2, 0.25) is 10.0 Å². The molecule has 2 aromatic rings. The van der Waals surface area contributed by atoms with Gasteiger partial charge in [-0.3, -0.25) is 9.59 Å². The Kier molecular flexibility index (Phi) is 9.47. The number of benzene rings is 2. The van der Waals surface area contributed by atoms with Crippen molar-refractivity contribution in [2.45, 2.75) is 39.8 Å². The Morgan fingerprint density at radius 3 is 2.23 bits per heavy atom. The van der Waals surface area contributed by atoms with E-state index in [2.05, 4.69) is 5.32 Å². The molecule has 1 N–H and O–H groups in total. The lowest BCUT2D eigenvalue weighted by atomic mass is 10.1. The Morgan fingerprint density at radius 1 is 1.03 bits per heavy atom. The summed E-state index contributed by atoms with van der Waals surface area (Å²) in [5, 5.41) is 3.81. The summed E-state index contributed by atoms with van der Waals surface area (Å²) >= 11 is 12.7. The highest BCUT2D eigenvalue weighted by Crippen LogP contribution is 2.27. The van der Waals surface area contributed by atoms with Gasteiger partial charge in [0.15, 0.2) is 6.61 Å². The topological polar surface area (TPSA) is 58.6 Å². The maximum absolute atomic E-state index is 13.1. The van der Waals surface area contributed by atoms with Crippen molar-refractivity contribution in [2.75, 3.05) is 13.2 Å². The van der Waals surface area contributed by atoms with Gasteiger partial charge in [0.1, 0.15) is 11.8 Å². The minimum Gasteiger partial charge on any atom is -0.484 e. The van der Waals surface area contributed by atoms with E-state index in [0.717, 1.165) is 0 Å². The highest BCUT2D eigenvalue weighted by atomic mass is 35.5. The lowest BCUT2D eigenvalue weighted by Crippen LogP contribution is -2.50. The summed E-state index contributed by atoms with van der Waals surface area (Å²) in [6.07, 6.45) is 0.447. The molecule has 1 atom stereocenters. The van der Waals surface area contributed by atoms with Crippen LogP contribution >= 0.6 is 23.2 Å². The van der Waals surface area contributed by atoms with Crippen molar-refractivity contribution in [3.05, 3.63) is 64.1 Å². The normalized spacial score (nSPS) is 11.8. The number of para-hydroxylation sites is 1. The molecule has 2 aromatic carbocycles. The van der Waals surface area contributed by atoms with Crippen LogP contribution in [0.5, 0.6) is 5.75 Å². The van der Waals surface area contributed by atoms with Crippen LogP contribution in [0.3, 0.4) is 0 Å². The van der Waals surface area contributed by atoms with Gasteiger partial charge in [-0.1, -0.05) is 68.2 Å². The molecule has 0 aliphatic rings. The van der Waals surface area contributed by atoms with E-state index in [0.29, 0.717) is 40.2 Å². The number of hydrogen-bond acceptors (Lipinski definition) is 3. The molecule has 0 aliphatic heterocycles. The number of halogens is 2. The molecule has 0 saturated carbocycles. The van der Waals surface area contributed by atoms with Gasteiger partial charge in [-0.25, -0.2) is 0 Å². The lowest BCUT2D eigenvalue weighted by Gasteiger charge is -2.31. The van der Waals surface area contributed by atoms with Gasteiger partial charge in [0.25, 0.3) is 5.91 Å². The Labute approximate surface area is 188 Å². The van der Waals surface area contributed by atoms with Crippen LogP contribution in [0.1, 0.15) is 32.8 Å². The van der Waals surface area contributed by atoms with Crippen molar-refractivity contribution in [3.8, 4) is 5.75 Å². The van der Waals surface area contributed by atoms with Crippen LogP contribution in [-0.4, -0.2) is 35.9 Å². The van der Waals surface area contributed by atoms with Crippen molar-refractivity contribution in [2.24, 2.45) is 5.92 Å². The first-order valence-corrected chi connectivity index (χ1v) is 10.8. The fraction of sp³-hybridized carbons (Fsp3) is 0.391. The fourth-order valence-electron chi connectivity index (χ4n) is 2.94. The van der Waals surface area contributed by atoms with Crippen LogP contribution in [-0.2, 0) is 16.1 Å². The van der Waals surface area contributed by atoms with Crippen molar-refractivity contribution < 1.29 is 14.3 Å². The van der Waals surface area contributed by atoms with E-state index in [-0.39, 0.29) is 25.0 Å². The van der Waals surface area contributed by atoms with Crippen molar-refractivity contribution in [3.63, 3.8) is 0 Å². The molecule has 0 unspecified atom stereocenters. The number of hydrogen-bond donors (Lipinski definition) is 1. The van der Waals surface area contributed by atoms with Gasteiger partial charge >= 0.3 is 0 Å².